The van der Waals surface area contributed by atoms with Crippen molar-refractivity contribution in [2.75, 3.05) is 26.6 Å². The van der Waals surface area contributed by atoms with E-state index in [1.165, 1.54) is 33.5 Å². The molecule has 0 aliphatic heterocycles. The summed E-state index contributed by atoms with van der Waals surface area (Å²) in [5.74, 6) is 0.0280. The minimum absolute atomic E-state index is 0.228. The SMILES string of the molecule is COc1cc(C(=O)Nc2cc(C)ccc2C(N)=O)cc(OC)c1OC. The van der Waals surface area contributed by atoms with E-state index in [1.807, 2.05) is 6.92 Å². The lowest BCUT2D eigenvalue weighted by Crippen LogP contribution is -2.18. The highest BCUT2D eigenvalue weighted by Gasteiger charge is 2.18. The fourth-order valence-electron chi connectivity index (χ4n) is 2.38. The molecule has 0 saturated carbocycles. The highest BCUT2D eigenvalue weighted by Crippen LogP contribution is 2.38. The number of anilines is 1. The van der Waals surface area contributed by atoms with Crippen molar-refractivity contribution in [3.63, 3.8) is 0 Å². The number of ether oxygens (including phenoxy) is 3. The first kappa shape index (κ1) is 18.1. The molecule has 0 bridgehead atoms. The number of methoxy groups -OCH3 is 3. The number of hydrogen-bond acceptors (Lipinski definition) is 5. The zero-order valence-corrected chi connectivity index (χ0v) is 14.5. The van der Waals surface area contributed by atoms with Crippen molar-refractivity contribution in [3.8, 4) is 17.2 Å². The maximum absolute atomic E-state index is 12.6. The van der Waals surface area contributed by atoms with E-state index in [0.29, 0.717) is 22.9 Å². The lowest BCUT2D eigenvalue weighted by Gasteiger charge is -2.15. The van der Waals surface area contributed by atoms with Crippen molar-refractivity contribution in [3.05, 3.63) is 47.0 Å². The van der Waals surface area contributed by atoms with Gasteiger partial charge in [0, 0.05) is 5.56 Å². The number of benzene rings is 2. The lowest BCUT2D eigenvalue weighted by molar-refractivity contribution is 0.100. The first-order valence-electron chi connectivity index (χ1n) is 7.43. The predicted octanol–water partition coefficient (Wildman–Crippen LogP) is 2.37. The third-order valence-corrected chi connectivity index (χ3v) is 3.62. The van der Waals surface area contributed by atoms with Gasteiger partial charge in [0.05, 0.1) is 32.6 Å². The Labute approximate surface area is 145 Å². The maximum atomic E-state index is 12.6. The Balaban J connectivity index is 2.42. The molecule has 0 heterocycles. The normalized spacial score (nSPS) is 10.1. The first-order chi connectivity index (χ1) is 11.9. The molecule has 132 valence electrons. The number of primary amides is 1. The first-order valence-corrected chi connectivity index (χ1v) is 7.43. The van der Waals surface area contributed by atoms with Gasteiger partial charge in [-0.2, -0.15) is 0 Å². The molecular formula is C18H20N2O5. The highest BCUT2D eigenvalue weighted by atomic mass is 16.5. The number of hydrogen-bond donors (Lipinski definition) is 2. The highest BCUT2D eigenvalue weighted by molar-refractivity contribution is 6.09. The molecular weight excluding hydrogens is 324 g/mol. The van der Waals surface area contributed by atoms with Crippen LogP contribution in [0.25, 0.3) is 0 Å². The molecule has 0 unspecified atom stereocenters. The molecule has 0 atom stereocenters. The molecule has 0 aliphatic carbocycles. The fourth-order valence-corrected chi connectivity index (χ4v) is 2.38. The third kappa shape index (κ3) is 3.82. The Morgan fingerprint density at radius 2 is 1.56 bits per heavy atom. The second kappa shape index (κ2) is 7.57. The molecule has 0 radical (unpaired) electrons. The molecule has 25 heavy (non-hydrogen) atoms. The van der Waals surface area contributed by atoms with E-state index in [1.54, 1.807) is 18.2 Å². The van der Waals surface area contributed by atoms with E-state index >= 15 is 0 Å². The Morgan fingerprint density at radius 3 is 2.04 bits per heavy atom. The van der Waals surface area contributed by atoms with Crippen LogP contribution in [0.4, 0.5) is 5.69 Å². The average molecular weight is 344 g/mol. The van der Waals surface area contributed by atoms with Crippen LogP contribution in [0.3, 0.4) is 0 Å². The van der Waals surface area contributed by atoms with Gasteiger partial charge in [0.15, 0.2) is 11.5 Å². The van der Waals surface area contributed by atoms with Crippen LogP contribution in [0.15, 0.2) is 30.3 Å². The van der Waals surface area contributed by atoms with Crippen LogP contribution in [0.1, 0.15) is 26.3 Å². The van der Waals surface area contributed by atoms with Crippen molar-refractivity contribution in [1.29, 1.82) is 0 Å². The molecule has 0 spiro atoms. The Bertz CT molecular complexity index is 792. The zero-order valence-electron chi connectivity index (χ0n) is 14.5. The zero-order chi connectivity index (χ0) is 18.6. The van der Waals surface area contributed by atoms with Gasteiger partial charge in [-0.3, -0.25) is 9.59 Å². The molecule has 2 aromatic carbocycles. The van der Waals surface area contributed by atoms with Crippen molar-refractivity contribution >= 4 is 17.5 Å². The van der Waals surface area contributed by atoms with E-state index in [-0.39, 0.29) is 11.1 Å². The molecule has 2 rings (SSSR count). The van der Waals surface area contributed by atoms with Crippen LogP contribution < -0.4 is 25.3 Å². The summed E-state index contributed by atoms with van der Waals surface area (Å²) in [7, 11) is 4.40. The predicted molar refractivity (Wildman–Crippen MR) is 93.7 cm³/mol. The van der Waals surface area contributed by atoms with Crippen LogP contribution in [0.5, 0.6) is 17.2 Å². The quantitative estimate of drug-likeness (QED) is 0.838. The molecule has 0 aliphatic rings. The van der Waals surface area contributed by atoms with Gasteiger partial charge in [0.25, 0.3) is 11.8 Å². The van der Waals surface area contributed by atoms with Crippen molar-refractivity contribution in [1.82, 2.24) is 0 Å². The van der Waals surface area contributed by atoms with Crippen molar-refractivity contribution in [2.45, 2.75) is 6.92 Å². The summed E-state index contributed by atoms with van der Waals surface area (Å²) in [6, 6.07) is 8.04. The standard InChI is InChI=1S/C18H20N2O5/c1-10-5-6-12(17(19)21)13(7-10)20-18(22)11-8-14(23-2)16(25-4)15(9-11)24-3/h5-9H,1-4H3,(H2,19,21)(H,20,22). The fraction of sp³-hybridized carbons (Fsp3) is 0.222. The Morgan fingerprint density at radius 1 is 0.960 bits per heavy atom. The largest absolute Gasteiger partial charge is 0.493 e. The number of carbonyl (C=O) groups is 2. The van der Waals surface area contributed by atoms with Gasteiger partial charge in [-0.15, -0.1) is 0 Å². The van der Waals surface area contributed by atoms with Gasteiger partial charge in [0.2, 0.25) is 5.75 Å². The summed E-state index contributed by atoms with van der Waals surface area (Å²) in [6.07, 6.45) is 0. The second-order valence-electron chi connectivity index (χ2n) is 5.28. The summed E-state index contributed by atoms with van der Waals surface area (Å²) in [5.41, 5.74) is 7.09. The van der Waals surface area contributed by atoms with E-state index in [0.717, 1.165) is 5.56 Å². The molecule has 3 N–H and O–H groups in total. The number of carbonyl (C=O) groups excluding carboxylic acids is 2. The Hall–Kier alpha value is -3.22. The van der Waals surface area contributed by atoms with E-state index in [2.05, 4.69) is 5.32 Å². The molecule has 2 aromatic rings. The summed E-state index contributed by atoms with van der Waals surface area (Å²) in [4.78, 5) is 24.2. The molecule has 7 nitrogen and oxygen atoms in total. The second-order valence-corrected chi connectivity index (χ2v) is 5.28. The van der Waals surface area contributed by atoms with Gasteiger partial charge in [0.1, 0.15) is 0 Å². The van der Waals surface area contributed by atoms with Gasteiger partial charge >= 0.3 is 0 Å². The van der Waals surface area contributed by atoms with Gasteiger partial charge in [-0.1, -0.05) is 6.07 Å². The number of amides is 2. The maximum Gasteiger partial charge on any atom is 0.255 e. The van der Waals surface area contributed by atoms with Gasteiger partial charge in [-0.25, -0.2) is 0 Å². The van der Waals surface area contributed by atoms with E-state index < -0.39 is 11.8 Å². The third-order valence-electron chi connectivity index (χ3n) is 3.62. The van der Waals surface area contributed by atoms with Crippen LogP contribution in [-0.4, -0.2) is 33.1 Å². The van der Waals surface area contributed by atoms with Crippen LogP contribution >= 0.6 is 0 Å². The van der Waals surface area contributed by atoms with Gasteiger partial charge in [-0.05, 0) is 36.8 Å². The smallest absolute Gasteiger partial charge is 0.255 e. The van der Waals surface area contributed by atoms with Crippen LogP contribution in [-0.2, 0) is 0 Å². The molecule has 7 heteroatoms. The number of rotatable bonds is 6. The van der Waals surface area contributed by atoms with Gasteiger partial charge < -0.3 is 25.3 Å². The van der Waals surface area contributed by atoms with Crippen LogP contribution in [0.2, 0.25) is 0 Å². The lowest BCUT2D eigenvalue weighted by atomic mass is 10.1. The van der Waals surface area contributed by atoms with Crippen molar-refractivity contribution < 1.29 is 23.8 Å². The minimum atomic E-state index is -0.625. The number of aryl methyl sites for hydroxylation is 1. The number of nitrogens with two attached hydrogens (primary N) is 1. The Kier molecular flexibility index (Phi) is 5.49. The van der Waals surface area contributed by atoms with Crippen LogP contribution in [0, 0.1) is 6.92 Å². The summed E-state index contributed by atoms with van der Waals surface area (Å²) in [6.45, 7) is 1.85. The van der Waals surface area contributed by atoms with E-state index in [9.17, 15) is 9.59 Å². The molecule has 2 amide bonds. The summed E-state index contributed by atoms with van der Waals surface area (Å²) >= 11 is 0. The molecule has 0 saturated heterocycles. The average Bonchev–Trinajstić information content (AvgIpc) is 2.59. The van der Waals surface area contributed by atoms with E-state index in [4.69, 9.17) is 19.9 Å². The summed E-state index contributed by atoms with van der Waals surface area (Å²) in [5, 5.41) is 2.70. The minimum Gasteiger partial charge on any atom is -0.493 e. The number of nitrogens with one attached hydrogen (secondary N) is 1. The summed E-state index contributed by atoms with van der Waals surface area (Å²) < 4.78 is 15.7. The topological polar surface area (TPSA) is 99.9 Å². The molecule has 0 fully saturated rings. The molecule has 0 aromatic heterocycles. The monoisotopic (exact) mass is 344 g/mol. The van der Waals surface area contributed by atoms with Crippen molar-refractivity contribution in [2.24, 2.45) is 5.73 Å².